The molecule has 0 fully saturated rings. The highest BCUT2D eigenvalue weighted by Crippen LogP contribution is 2.33. The van der Waals surface area contributed by atoms with Gasteiger partial charge in [0.05, 0.1) is 20.3 Å². The van der Waals surface area contributed by atoms with Crippen LogP contribution in [0.15, 0.2) is 36.4 Å². The van der Waals surface area contributed by atoms with Crippen molar-refractivity contribution in [2.45, 2.75) is 32.9 Å². The molecule has 0 aromatic heterocycles. The molecule has 28 heavy (non-hydrogen) atoms. The molecule has 1 aliphatic rings. The molecule has 0 saturated heterocycles. The minimum absolute atomic E-state index is 0.00489. The molecule has 0 radical (unpaired) electrons. The Morgan fingerprint density at radius 1 is 1.04 bits per heavy atom. The number of methoxy groups -OCH3 is 2. The highest BCUT2D eigenvalue weighted by molar-refractivity contribution is 5.97. The van der Waals surface area contributed by atoms with Gasteiger partial charge in [-0.05, 0) is 67.8 Å². The standard InChI is InChI=1S/C22H26N2O4/c1-14(22(26)23-19-7-5-16(6-8-19)15(2)25)24-10-9-17-11-20(27-3)21(28-4)12-18(17)13-24/h5-8,11-12,14H,9-10,13H2,1-4H3,(H,23,26)/t14-/m1/s1. The summed E-state index contributed by atoms with van der Waals surface area (Å²) in [7, 11) is 3.26. The van der Waals surface area contributed by atoms with Gasteiger partial charge >= 0.3 is 0 Å². The fraction of sp³-hybridized carbons (Fsp3) is 0.364. The first-order valence-electron chi connectivity index (χ1n) is 9.32. The Morgan fingerprint density at radius 2 is 1.64 bits per heavy atom. The lowest BCUT2D eigenvalue weighted by molar-refractivity contribution is -0.121. The normalized spacial score (nSPS) is 14.7. The van der Waals surface area contributed by atoms with Crippen LogP contribution in [0.3, 0.4) is 0 Å². The first kappa shape index (κ1) is 19.9. The van der Waals surface area contributed by atoms with Crippen LogP contribution in [-0.4, -0.2) is 43.4 Å². The zero-order chi connectivity index (χ0) is 20.3. The summed E-state index contributed by atoms with van der Waals surface area (Å²) in [5.41, 5.74) is 3.68. The van der Waals surface area contributed by atoms with Crippen LogP contribution in [-0.2, 0) is 17.8 Å². The summed E-state index contributed by atoms with van der Waals surface area (Å²) < 4.78 is 10.8. The predicted molar refractivity (Wildman–Crippen MR) is 108 cm³/mol. The Balaban J connectivity index is 1.68. The van der Waals surface area contributed by atoms with Crippen LogP contribution >= 0.6 is 0 Å². The maximum atomic E-state index is 12.7. The fourth-order valence-corrected chi connectivity index (χ4v) is 3.44. The highest BCUT2D eigenvalue weighted by Gasteiger charge is 2.26. The molecule has 2 aromatic rings. The van der Waals surface area contributed by atoms with Crippen LogP contribution in [0.2, 0.25) is 0 Å². The van der Waals surface area contributed by atoms with Crippen molar-refractivity contribution in [2.75, 3.05) is 26.1 Å². The molecule has 0 bridgehead atoms. The molecule has 3 rings (SSSR count). The Labute approximate surface area is 165 Å². The van der Waals surface area contributed by atoms with Gasteiger partial charge < -0.3 is 14.8 Å². The molecule has 0 aliphatic carbocycles. The summed E-state index contributed by atoms with van der Waals surface area (Å²) in [6.45, 7) is 4.90. The van der Waals surface area contributed by atoms with Gasteiger partial charge in [-0.1, -0.05) is 0 Å². The van der Waals surface area contributed by atoms with E-state index in [-0.39, 0.29) is 17.7 Å². The lowest BCUT2D eigenvalue weighted by atomic mass is 9.97. The second kappa shape index (κ2) is 8.44. The van der Waals surface area contributed by atoms with E-state index in [9.17, 15) is 9.59 Å². The summed E-state index contributed by atoms with van der Waals surface area (Å²) >= 11 is 0. The first-order chi connectivity index (χ1) is 13.4. The predicted octanol–water partition coefficient (Wildman–Crippen LogP) is 3.29. The highest BCUT2D eigenvalue weighted by atomic mass is 16.5. The molecule has 2 aromatic carbocycles. The number of nitrogens with zero attached hydrogens (tertiary/aromatic N) is 1. The van der Waals surface area contributed by atoms with Gasteiger partial charge in [0.25, 0.3) is 0 Å². The van der Waals surface area contributed by atoms with E-state index in [4.69, 9.17) is 9.47 Å². The van der Waals surface area contributed by atoms with Crippen LogP contribution in [0.1, 0.15) is 35.3 Å². The van der Waals surface area contributed by atoms with E-state index in [1.165, 1.54) is 12.5 Å². The monoisotopic (exact) mass is 382 g/mol. The molecule has 6 nitrogen and oxygen atoms in total. The Kier molecular flexibility index (Phi) is 5.99. The minimum atomic E-state index is -0.284. The van der Waals surface area contributed by atoms with Gasteiger partial charge in [0.1, 0.15) is 0 Å². The number of ether oxygens (including phenoxy) is 2. The van der Waals surface area contributed by atoms with Crippen molar-refractivity contribution in [2.24, 2.45) is 0 Å². The smallest absolute Gasteiger partial charge is 0.241 e. The molecule has 0 saturated carbocycles. The number of rotatable bonds is 6. The molecule has 6 heteroatoms. The summed E-state index contributed by atoms with van der Waals surface area (Å²) in [6, 6.07) is 10.7. The zero-order valence-corrected chi connectivity index (χ0v) is 16.7. The zero-order valence-electron chi connectivity index (χ0n) is 16.7. The number of Topliss-reactive ketones (excluding diaryl/α,β-unsaturated/α-hetero) is 1. The van der Waals surface area contributed by atoms with Crippen LogP contribution in [0.4, 0.5) is 5.69 Å². The van der Waals surface area contributed by atoms with Gasteiger partial charge in [-0.3, -0.25) is 14.5 Å². The number of benzene rings is 2. The van der Waals surface area contributed by atoms with Gasteiger partial charge in [-0.2, -0.15) is 0 Å². The van der Waals surface area contributed by atoms with Crippen LogP contribution < -0.4 is 14.8 Å². The lowest BCUT2D eigenvalue weighted by Gasteiger charge is -2.33. The fourth-order valence-electron chi connectivity index (χ4n) is 3.44. The molecule has 0 unspecified atom stereocenters. The van der Waals surface area contributed by atoms with E-state index in [0.29, 0.717) is 23.5 Å². The number of carbonyl (C=O) groups excluding carboxylic acids is 2. The first-order valence-corrected chi connectivity index (χ1v) is 9.32. The van der Waals surface area contributed by atoms with Gasteiger partial charge in [-0.25, -0.2) is 0 Å². The third-order valence-corrected chi connectivity index (χ3v) is 5.23. The van der Waals surface area contributed by atoms with E-state index >= 15 is 0 Å². The number of amides is 1. The van der Waals surface area contributed by atoms with Crippen molar-refractivity contribution in [3.63, 3.8) is 0 Å². The Bertz CT molecular complexity index is 877. The third kappa shape index (κ3) is 4.17. The van der Waals surface area contributed by atoms with Crippen molar-refractivity contribution >= 4 is 17.4 Å². The lowest BCUT2D eigenvalue weighted by Crippen LogP contribution is -2.44. The Morgan fingerprint density at radius 3 is 2.21 bits per heavy atom. The molecule has 1 amide bonds. The molecule has 1 atom stereocenters. The summed E-state index contributed by atoms with van der Waals surface area (Å²) in [5, 5.41) is 2.93. The topological polar surface area (TPSA) is 67.9 Å². The molecule has 0 spiro atoms. The van der Waals surface area contributed by atoms with Crippen molar-refractivity contribution in [1.29, 1.82) is 0 Å². The minimum Gasteiger partial charge on any atom is -0.493 e. The largest absolute Gasteiger partial charge is 0.493 e. The van der Waals surface area contributed by atoms with Crippen molar-refractivity contribution in [3.05, 3.63) is 53.1 Å². The van der Waals surface area contributed by atoms with Crippen LogP contribution in [0.25, 0.3) is 0 Å². The summed E-state index contributed by atoms with van der Waals surface area (Å²) in [5.74, 6) is 1.37. The van der Waals surface area contributed by atoms with E-state index in [1.807, 2.05) is 19.1 Å². The molecule has 1 N–H and O–H groups in total. The van der Waals surface area contributed by atoms with E-state index in [0.717, 1.165) is 24.3 Å². The average molecular weight is 382 g/mol. The molecule has 1 aliphatic heterocycles. The molecule has 1 heterocycles. The number of carbonyl (C=O) groups is 2. The summed E-state index contributed by atoms with van der Waals surface area (Å²) in [4.78, 5) is 26.2. The van der Waals surface area contributed by atoms with Crippen LogP contribution in [0.5, 0.6) is 11.5 Å². The number of anilines is 1. The number of fused-ring (bicyclic) bond motifs is 1. The molecular weight excluding hydrogens is 356 g/mol. The van der Waals surface area contributed by atoms with E-state index < -0.39 is 0 Å². The molecular formula is C22H26N2O4. The van der Waals surface area contributed by atoms with E-state index in [1.54, 1.807) is 38.5 Å². The quantitative estimate of drug-likeness (QED) is 0.777. The van der Waals surface area contributed by atoms with Gasteiger partial charge in [-0.15, -0.1) is 0 Å². The number of hydrogen-bond acceptors (Lipinski definition) is 5. The maximum absolute atomic E-state index is 12.7. The summed E-state index contributed by atoms with van der Waals surface area (Å²) in [6.07, 6.45) is 0.848. The third-order valence-electron chi connectivity index (χ3n) is 5.23. The molecule has 148 valence electrons. The number of hydrogen-bond donors (Lipinski definition) is 1. The van der Waals surface area contributed by atoms with Gasteiger partial charge in [0, 0.05) is 24.3 Å². The SMILES string of the molecule is COc1cc2c(cc1OC)CN([C@H](C)C(=O)Nc1ccc(C(C)=O)cc1)CC2. The average Bonchev–Trinajstić information content (AvgIpc) is 2.71. The van der Waals surface area contributed by atoms with E-state index in [2.05, 4.69) is 10.2 Å². The second-order valence-electron chi connectivity index (χ2n) is 7.00. The van der Waals surface area contributed by atoms with Crippen molar-refractivity contribution in [3.8, 4) is 11.5 Å². The Hall–Kier alpha value is -2.86. The maximum Gasteiger partial charge on any atom is 0.241 e. The van der Waals surface area contributed by atoms with Crippen molar-refractivity contribution in [1.82, 2.24) is 4.90 Å². The van der Waals surface area contributed by atoms with Crippen LogP contribution in [0, 0.1) is 0 Å². The van der Waals surface area contributed by atoms with Crippen molar-refractivity contribution < 1.29 is 19.1 Å². The van der Waals surface area contributed by atoms with Gasteiger partial charge in [0.2, 0.25) is 5.91 Å². The van der Waals surface area contributed by atoms with Gasteiger partial charge in [0.15, 0.2) is 17.3 Å². The number of nitrogens with one attached hydrogen (secondary N) is 1. The number of ketones is 1. The second-order valence-corrected chi connectivity index (χ2v) is 7.00.